The van der Waals surface area contributed by atoms with Crippen LogP contribution in [-0.4, -0.2) is 32.0 Å². The molecule has 0 aliphatic rings. The third-order valence-corrected chi connectivity index (χ3v) is 4.75. The number of nitrogens with one attached hydrogen (secondary N) is 3. The number of rotatable bonds is 7. The molecule has 3 N–H and O–H groups in total. The van der Waals surface area contributed by atoms with Gasteiger partial charge in [0.2, 0.25) is 0 Å². The summed E-state index contributed by atoms with van der Waals surface area (Å²) in [5, 5.41) is 11.8. The molecule has 5 nitrogen and oxygen atoms in total. The Hall–Kier alpha value is -3.34. The molecule has 0 saturated carbocycles. The van der Waals surface area contributed by atoms with Crippen LogP contribution in [0.4, 0.5) is 0 Å². The van der Waals surface area contributed by atoms with E-state index in [1.807, 2.05) is 24.3 Å². The van der Waals surface area contributed by atoms with E-state index in [0.717, 1.165) is 31.0 Å². The molecule has 3 aromatic carbocycles. The third kappa shape index (κ3) is 5.57. The van der Waals surface area contributed by atoms with Crippen molar-refractivity contribution in [2.45, 2.75) is 19.9 Å². The first-order chi connectivity index (χ1) is 14.2. The lowest BCUT2D eigenvalue weighted by molar-refractivity contribution is 0.0963. The van der Waals surface area contributed by atoms with E-state index in [1.165, 1.54) is 16.3 Å². The van der Waals surface area contributed by atoms with E-state index in [4.69, 9.17) is 4.99 Å². The van der Waals surface area contributed by atoms with E-state index in [9.17, 15) is 4.79 Å². The number of amides is 1. The minimum atomic E-state index is -0.0650. The summed E-state index contributed by atoms with van der Waals surface area (Å²) >= 11 is 0. The van der Waals surface area contributed by atoms with E-state index in [2.05, 4.69) is 65.3 Å². The number of hydrogen-bond acceptors (Lipinski definition) is 2. The number of aliphatic imine (C=N–C) groups is 1. The molecule has 0 spiro atoms. The SMILES string of the molecule is CCNC(=NCc1cccc2ccccc12)NCCc1cccc(C(=O)NC)c1. The Morgan fingerprint density at radius 3 is 2.59 bits per heavy atom. The van der Waals surface area contributed by atoms with Crippen molar-refractivity contribution in [3.05, 3.63) is 83.4 Å². The van der Waals surface area contributed by atoms with E-state index in [0.29, 0.717) is 12.1 Å². The van der Waals surface area contributed by atoms with Gasteiger partial charge < -0.3 is 16.0 Å². The van der Waals surface area contributed by atoms with Crippen molar-refractivity contribution in [2.24, 2.45) is 4.99 Å². The Morgan fingerprint density at radius 1 is 0.966 bits per heavy atom. The third-order valence-electron chi connectivity index (χ3n) is 4.75. The van der Waals surface area contributed by atoms with Crippen LogP contribution in [-0.2, 0) is 13.0 Å². The second-order valence-electron chi connectivity index (χ2n) is 6.79. The molecule has 5 heteroatoms. The summed E-state index contributed by atoms with van der Waals surface area (Å²) in [5.74, 6) is 0.729. The van der Waals surface area contributed by atoms with Gasteiger partial charge in [0.1, 0.15) is 0 Å². The van der Waals surface area contributed by atoms with Gasteiger partial charge in [0.25, 0.3) is 5.91 Å². The van der Waals surface area contributed by atoms with Crippen LogP contribution in [0.5, 0.6) is 0 Å². The molecule has 0 aliphatic heterocycles. The van der Waals surface area contributed by atoms with Crippen molar-refractivity contribution >= 4 is 22.6 Å². The molecule has 0 radical (unpaired) electrons. The number of guanidine groups is 1. The molecular formula is C24H28N4O. The average molecular weight is 389 g/mol. The number of carbonyl (C=O) groups excluding carboxylic acids is 1. The Morgan fingerprint density at radius 2 is 1.76 bits per heavy atom. The summed E-state index contributed by atoms with van der Waals surface area (Å²) in [6, 6.07) is 22.4. The molecule has 0 fully saturated rings. The molecule has 29 heavy (non-hydrogen) atoms. The highest BCUT2D eigenvalue weighted by molar-refractivity contribution is 5.94. The van der Waals surface area contributed by atoms with Gasteiger partial charge in [-0.05, 0) is 47.4 Å². The maximum Gasteiger partial charge on any atom is 0.251 e. The zero-order valence-electron chi connectivity index (χ0n) is 17.0. The Balaban J connectivity index is 1.63. The summed E-state index contributed by atoms with van der Waals surface area (Å²) in [5.41, 5.74) is 3.00. The summed E-state index contributed by atoms with van der Waals surface area (Å²) in [6.07, 6.45) is 0.809. The van der Waals surface area contributed by atoms with E-state index < -0.39 is 0 Å². The van der Waals surface area contributed by atoms with Crippen LogP contribution in [0.1, 0.15) is 28.4 Å². The van der Waals surface area contributed by atoms with Crippen LogP contribution >= 0.6 is 0 Å². The lowest BCUT2D eigenvalue weighted by Gasteiger charge is -2.12. The summed E-state index contributed by atoms with van der Waals surface area (Å²) in [6.45, 7) is 4.21. The molecule has 0 aromatic heterocycles. The first-order valence-electron chi connectivity index (χ1n) is 10.0. The van der Waals surface area contributed by atoms with Gasteiger partial charge in [0, 0.05) is 25.7 Å². The Kier molecular flexibility index (Phi) is 7.22. The lowest BCUT2D eigenvalue weighted by atomic mass is 10.1. The van der Waals surface area contributed by atoms with Gasteiger partial charge >= 0.3 is 0 Å². The second-order valence-corrected chi connectivity index (χ2v) is 6.79. The molecule has 1 amide bonds. The highest BCUT2D eigenvalue weighted by Crippen LogP contribution is 2.19. The maximum absolute atomic E-state index is 11.8. The summed E-state index contributed by atoms with van der Waals surface area (Å²) in [7, 11) is 1.64. The van der Waals surface area contributed by atoms with Gasteiger partial charge in [0.15, 0.2) is 5.96 Å². The predicted octanol–water partition coefficient (Wildman–Crippen LogP) is 3.50. The Bertz CT molecular complexity index is 992. The highest BCUT2D eigenvalue weighted by Gasteiger charge is 2.05. The van der Waals surface area contributed by atoms with Crippen LogP contribution in [0.15, 0.2) is 71.7 Å². The molecular weight excluding hydrogens is 360 g/mol. The fourth-order valence-corrected chi connectivity index (χ4v) is 3.27. The van der Waals surface area contributed by atoms with Gasteiger partial charge in [0.05, 0.1) is 6.54 Å². The van der Waals surface area contributed by atoms with Gasteiger partial charge in [-0.1, -0.05) is 54.6 Å². The first kappa shape index (κ1) is 20.4. The van der Waals surface area contributed by atoms with Crippen LogP contribution in [0.25, 0.3) is 10.8 Å². The fourth-order valence-electron chi connectivity index (χ4n) is 3.27. The summed E-state index contributed by atoms with van der Waals surface area (Å²) < 4.78 is 0. The first-order valence-corrected chi connectivity index (χ1v) is 10.0. The topological polar surface area (TPSA) is 65.5 Å². The van der Waals surface area contributed by atoms with Gasteiger partial charge in [-0.3, -0.25) is 4.79 Å². The molecule has 0 saturated heterocycles. The van der Waals surface area contributed by atoms with E-state index in [-0.39, 0.29) is 5.91 Å². The average Bonchev–Trinajstić information content (AvgIpc) is 2.77. The van der Waals surface area contributed by atoms with Crippen LogP contribution < -0.4 is 16.0 Å². The summed E-state index contributed by atoms with van der Waals surface area (Å²) in [4.78, 5) is 16.5. The number of carbonyl (C=O) groups is 1. The standard InChI is InChI=1S/C24H28N4O/c1-3-26-24(27-15-14-18-8-6-11-20(16-18)23(29)25-2)28-17-21-12-7-10-19-9-4-5-13-22(19)21/h4-13,16H,3,14-15,17H2,1-2H3,(H,25,29)(H2,26,27,28). The molecule has 0 aliphatic carbocycles. The second kappa shape index (κ2) is 10.3. The van der Waals surface area contributed by atoms with Crippen molar-refractivity contribution in [3.63, 3.8) is 0 Å². The van der Waals surface area contributed by atoms with Gasteiger partial charge in [-0.2, -0.15) is 0 Å². The minimum absolute atomic E-state index is 0.0650. The smallest absolute Gasteiger partial charge is 0.251 e. The molecule has 0 bridgehead atoms. The zero-order valence-corrected chi connectivity index (χ0v) is 17.0. The lowest BCUT2D eigenvalue weighted by Crippen LogP contribution is -2.38. The van der Waals surface area contributed by atoms with E-state index in [1.54, 1.807) is 7.05 Å². The number of hydrogen-bond donors (Lipinski definition) is 3. The molecule has 150 valence electrons. The van der Waals surface area contributed by atoms with Crippen LogP contribution in [0, 0.1) is 0 Å². The number of benzene rings is 3. The van der Waals surface area contributed by atoms with Crippen molar-refractivity contribution in [2.75, 3.05) is 20.1 Å². The molecule has 0 heterocycles. The fraction of sp³-hybridized carbons (Fsp3) is 0.250. The minimum Gasteiger partial charge on any atom is -0.357 e. The largest absolute Gasteiger partial charge is 0.357 e. The maximum atomic E-state index is 11.8. The van der Waals surface area contributed by atoms with E-state index >= 15 is 0 Å². The van der Waals surface area contributed by atoms with Crippen molar-refractivity contribution in [1.29, 1.82) is 0 Å². The van der Waals surface area contributed by atoms with Crippen LogP contribution in [0.2, 0.25) is 0 Å². The quantitative estimate of drug-likeness (QED) is 0.429. The molecule has 0 unspecified atom stereocenters. The van der Waals surface area contributed by atoms with Crippen molar-refractivity contribution in [3.8, 4) is 0 Å². The van der Waals surface area contributed by atoms with Gasteiger partial charge in [-0.25, -0.2) is 4.99 Å². The van der Waals surface area contributed by atoms with Crippen molar-refractivity contribution < 1.29 is 4.79 Å². The number of nitrogens with zero attached hydrogens (tertiary/aromatic N) is 1. The van der Waals surface area contributed by atoms with Gasteiger partial charge in [-0.15, -0.1) is 0 Å². The zero-order chi connectivity index (χ0) is 20.5. The van der Waals surface area contributed by atoms with Crippen molar-refractivity contribution in [1.82, 2.24) is 16.0 Å². The molecule has 0 atom stereocenters. The predicted molar refractivity (Wildman–Crippen MR) is 120 cm³/mol. The Labute approximate surface area is 172 Å². The molecule has 3 aromatic rings. The number of fused-ring (bicyclic) bond motifs is 1. The van der Waals surface area contributed by atoms with Crippen LogP contribution in [0.3, 0.4) is 0 Å². The molecule has 3 rings (SSSR count). The monoisotopic (exact) mass is 388 g/mol. The highest BCUT2D eigenvalue weighted by atomic mass is 16.1. The normalized spacial score (nSPS) is 11.3.